The highest BCUT2D eigenvalue weighted by Crippen LogP contribution is 2.30. The number of thiophene rings is 2. The van der Waals surface area contributed by atoms with E-state index in [1.807, 2.05) is 47.8 Å². The molecule has 0 fully saturated rings. The summed E-state index contributed by atoms with van der Waals surface area (Å²) >= 11 is 6.57. The summed E-state index contributed by atoms with van der Waals surface area (Å²) in [4.78, 5) is 18.2. The Kier molecular flexibility index (Phi) is 3.88. The van der Waals surface area contributed by atoms with E-state index < -0.39 is 0 Å². The zero-order valence-corrected chi connectivity index (χ0v) is 15.1. The third-order valence-electron chi connectivity index (χ3n) is 3.54. The molecular weight excluding hydrogens is 392 g/mol. The quantitative estimate of drug-likeness (QED) is 0.483. The monoisotopic (exact) mass is 402 g/mol. The molecule has 0 atom stereocenters. The van der Waals surface area contributed by atoms with Gasteiger partial charge in [-0.15, -0.1) is 22.7 Å². The molecule has 0 N–H and O–H groups in total. The molecule has 6 heteroatoms. The number of hydrogen-bond donors (Lipinski definition) is 0. The zero-order valence-electron chi connectivity index (χ0n) is 11.9. The van der Waals surface area contributed by atoms with E-state index in [9.17, 15) is 4.79 Å². The van der Waals surface area contributed by atoms with Crippen molar-refractivity contribution in [1.29, 1.82) is 0 Å². The fourth-order valence-electron chi connectivity index (χ4n) is 2.43. The number of nitrogens with zero attached hydrogens (tertiary/aromatic N) is 2. The van der Waals surface area contributed by atoms with E-state index in [0.717, 1.165) is 25.3 Å². The number of hydrogen-bond acceptors (Lipinski definition) is 4. The van der Waals surface area contributed by atoms with Crippen LogP contribution in [0.2, 0.25) is 0 Å². The number of benzene rings is 1. The molecule has 0 saturated heterocycles. The lowest BCUT2D eigenvalue weighted by Crippen LogP contribution is -2.19. The third-order valence-corrected chi connectivity index (χ3v) is 6.25. The van der Waals surface area contributed by atoms with Crippen LogP contribution < -0.4 is 5.56 Å². The Morgan fingerprint density at radius 3 is 2.74 bits per heavy atom. The lowest BCUT2D eigenvalue weighted by Gasteiger charge is -2.02. The maximum atomic E-state index is 12.7. The third kappa shape index (κ3) is 2.89. The van der Waals surface area contributed by atoms with Crippen LogP contribution >= 0.6 is 38.6 Å². The van der Waals surface area contributed by atoms with Gasteiger partial charge in [-0.2, -0.15) is 0 Å². The first-order valence-corrected chi connectivity index (χ1v) is 9.47. The summed E-state index contributed by atoms with van der Waals surface area (Å²) in [5.74, 6) is 0. The van der Waals surface area contributed by atoms with Crippen LogP contribution in [0.3, 0.4) is 0 Å². The van der Waals surface area contributed by atoms with Crippen LogP contribution in [0.25, 0.3) is 20.7 Å². The molecule has 4 aromatic rings. The SMILES string of the molecule is O=c1c2sc(-c3ccccc3)cc2ncn1Cc1csc(Br)c1. The zero-order chi connectivity index (χ0) is 15.8. The van der Waals surface area contributed by atoms with E-state index in [1.165, 1.54) is 11.3 Å². The highest BCUT2D eigenvalue weighted by Gasteiger charge is 2.11. The van der Waals surface area contributed by atoms with E-state index in [0.29, 0.717) is 11.2 Å². The summed E-state index contributed by atoms with van der Waals surface area (Å²) in [6.45, 7) is 0.544. The van der Waals surface area contributed by atoms with Gasteiger partial charge in [0.25, 0.3) is 5.56 Å². The van der Waals surface area contributed by atoms with Gasteiger partial charge in [-0.25, -0.2) is 4.98 Å². The molecule has 0 aliphatic carbocycles. The van der Waals surface area contributed by atoms with Gasteiger partial charge in [-0.1, -0.05) is 30.3 Å². The molecule has 4 rings (SSSR count). The molecule has 3 heterocycles. The van der Waals surface area contributed by atoms with Crippen LogP contribution in [0.15, 0.2) is 62.8 Å². The van der Waals surface area contributed by atoms with Crippen LogP contribution in [0.5, 0.6) is 0 Å². The van der Waals surface area contributed by atoms with Crippen molar-refractivity contribution < 1.29 is 0 Å². The van der Waals surface area contributed by atoms with Gasteiger partial charge in [0.2, 0.25) is 0 Å². The molecule has 0 saturated carbocycles. The van der Waals surface area contributed by atoms with E-state index in [1.54, 1.807) is 22.2 Å². The first kappa shape index (κ1) is 14.8. The second-order valence-electron chi connectivity index (χ2n) is 5.13. The topological polar surface area (TPSA) is 34.9 Å². The maximum Gasteiger partial charge on any atom is 0.271 e. The predicted octanol–water partition coefficient (Wildman–Crippen LogP) is 5.00. The highest BCUT2D eigenvalue weighted by molar-refractivity contribution is 9.11. The summed E-state index contributed by atoms with van der Waals surface area (Å²) in [5, 5.41) is 2.05. The Hall–Kier alpha value is -1.76. The molecule has 3 nitrogen and oxygen atoms in total. The number of fused-ring (bicyclic) bond motifs is 1. The fraction of sp³-hybridized carbons (Fsp3) is 0.0588. The van der Waals surface area contributed by atoms with Crippen molar-refractivity contribution in [2.45, 2.75) is 6.54 Å². The minimum absolute atomic E-state index is 0.0181. The Balaban J connectivity index is 1.77. The van der Waals surface area contributed by atoms with Crippen LogP contribution in [-0.2, 0) is 6.54 Å². The molecule has 3 aromatic heterocycles. The molecule has 114 valence electrons. The van der Waals surface area contributed by atoms with Crippen LogP contribution in [0, 0.1) is 0 Å². The van der Waals surface area contributed by atoms with E-state index >= 15 is 0 Å². The summed E-state index contributed by atoms with van der Waals surface area (Å²) in [7, 11) is 0. The van der Waals surface area contributed by atoms with Gasteiger partial charge >= 0.3 is 0 Å². The van der Waals surface area contributed by atoms with Crippen molar-refractivity contribution in [3.05, 3.63) is 73.9 Å². The predicted molar refractivity (Wildman–Crippen MR) is 100 cm³/mol. The Labute approximate surface area is 149 Å². The second-order valence-corrected chi connectivity index (χ2v) is 8.47. The largest absolute Gasteiger partial charge is 0.293 e. The van der Waals surface area contributed by atoms with Crippen LogP contribution in [-0.4, -0.2) is 9.55 Å². The summed E-state index contributed by atoms with van der Waals surface area (Å²) in [5.41, 5.74) is 3.00. The molecule has 0 unspecified atom stereocenters. The van der Waals surface area contributed by atoms with Crippen molar-refractivity contribution in [2.75, 3.05) is 0 Å². The van der Waals surface area contributed by atoms with Gasteiger partial charge < -0.3 is 0 Å². The van der Waals surface area contributed by atoms with Crippen LogP contribution in [0.1, 0.15) is 5.56 Å². The van der Waals surface area contributed by atoms with Gasteiger partial charge in [-0.05, 0) is 44.6 Å². The summed E-state index contributed by atoms with van der Waals surface area (Å²) in [6, 6.07) is 14.1. The fourth-order valence-corrected chi connectivity index (χ4v) is 4.69. The molecule has 0 aliphatic rings. The van der Waals surface area contributed by atoms with Crippen molar-refractivity contribution in [3.8, 4) is 10.4 Å². The van der Waals surface area contributed by atoms with Crippen molar-refractivity contribution in [3.63, 3.8) is 0 Å². The van der Waals surface area contributed by atoms with Crippen molar-refractivity contribution in [1.82, 2.24) is 9.55 Å². The van der Waals surface area contributed by atoms with Gasteiger partial charge in [-0.3, -0.25) is 9.36 Å². The standard InChI is InChI=1S/C17H11BrN2OS2/c18-15-6-11(9-22-15)8-20-10-19-13-7-14(23-16(13)17(20)21)12-4-2-1-3-5-12/h1-7,9-10H,8H2. The van der Waals surface area contributed by atoms with Crippen LogP contribution in [0.4, 0.5) is 0 Å². The van der Waals surface area contributed by atoms with E-state index in [-0.39, 0.29) is 5.56 Å². The maximum absolute atomic E-state index is 12.7. The number of halogens is 1. The summed E-state index contributed by atoms with van der Waals surface area (Å²) < 4.78 is 3.44. The molecule has 23 heavy (non-hydrogen) atoms. The normalized spacial score (nSPS) is 11.2. The smallest absolute Gasteiger partial charge is 0.271 e. The molecule has 1 aromatic carbocycles. The molecule has 0 radical (unpaired) electrons. The van der Waals surface area contributed by atoms with Gasteiger partial charge in [0, 0.05) is 4.88 Å². The molecule has 0 aliphatic heterocycles. The molecule has 0 amide bonds. The van der Waals surface area contributed by atoms with Gasteiger partial charge in [0.15, 0.2) is 0 Å². The minimum Gasteiger partial charge on any atom is -0.293 e. The lowest BCUT2D eigenvalue weighted by atomic mass is 10.2. The lowest BCUT2D eigenvalue weighted by molar-refractivity contribution is 0.752. The minimum atomic E-state index is 0.0181. The number of aromatic nitrogens is 2. The van der Waals surface area contributed by atoms with Gasteiger partial charge in [0.05, 0.1) is 22.2 Å². The first-order chi connectivity index (χ1) is 11.2. The average Bonchev–Trinajstić information content (AvgIpc) is 3.18. The van der Waals surface area contributed by atoms with Crippen molar-refractivity contribution >= 4 is 48.8 Å². The Morgan fingerprint density at radius 2 is 2.00 bits per heavy atom. The molecule has 0 spiro atoms. The number of rotatable bonds is 3. The molecule has 0 bridgehead atoms. The second kappa shape index (κ2) is 6.03. The Morgan fingerprint density at radius 1 is 1.17 bits per heavy atom. The Bertz CT molecular complexity index is 1030. The van der Waals surface area contributed by atoms with Crippen molar-refractivity contribution in [2.24, 2.45) is 0 Å². The van der Waals surface area contributed by atoms with Gasteiger partial charge in [0.1, 0.15) is 4.70 Å². The molecular formula is C17H11BrN2OS2. The summed E-state index contributed by atoms with van der Waals surface area (Å²) in [6.07, 6.45) is 1.64. The average molecular weight is 403 g/mol. The highest BCUT2D eigenvalue weighted by atomic mass is 79.9. The van der Waals surface area contributed by atoms with E-state index in [2.05, 4.69) is 20.9 Å². The van der Waals surface area contributed by atoms with E-state index in [4.69, 9.17) is 0 Å². The first-order valence-electron chi connectivity index (χ1n) is 6.98.